The van der Waals surface area contributed by atoms with Crippen molar-refractivity contribution >= 4 is 17.2 Å². The number of amides is 1. The monoisotopic (exact) mass is 318 g/mol. The van der Waals surface area contributed by atoms with Gasteiger partial charge in [-0.15, -0.1) is 11.3 Å². The molecular weight excluding hydrogens is 296 g/mol. The van der Waals surface area contributed by atoms with Crippen LogP contribution >= 0.6 is 11.3 Å². The number of aryl methyl sites for hydroxylation is 2. The predicted molar refractivity (Wildman–Crippen MR) is 87.7 cm³/mol. The Bertz CT molecular complexity index is 648. The summed E-state index contributed by atoms with van der Waals surface area (Å²) in [6, 6.07) is 4.49. The smallest absolute Gasteiger partial charge is 0.234 e. The molecule has 3 heterocycles. The summed E-state index contributed by atoms with van der Waals surface area (Å²) >= 11 is 1.73. The second-order valence-corrected chi connectivity index (χ2v) is 7.24. The van der Waals surface area contributed by atoms with E-state index in [0.717, 1.165) is 19.4 Å². The molecule has 0 bridgehead atoms. The number of nitrogens with zero attached hydrogens (tertiary/aromatic N) is 3. The Morgan fingerprint density at radius 1 is 1.50 bits per heavy atom. The largest absolute Gasteiger partial charge is 0.350 e. The number of rotatable bonds is 5. The van der Waals surface area contributed by atoms with E-state index < -0.39 is 0 Å². The highest BCUT2D eigenvalue weighted by atomic mass is 32.1. The molecule has 1 fully saturated rings. The minimum Gasteiger partial charge on any atom is -0.350 e. The fraction of sp³-hybridized carbons (Fsp3) is 0.500. The van der Waals surface area contributed by atoms with Crippen molar-refractivity contribution in [1.82, 2.24) is 20.0 Å². The molecule has 1 amide bonds. The second-order valence-electron chi connectivity index (χ2n) is 5.86. The highest BCUT2D eigenvalue weighted by molar-refractivity contribution is 7.11. The van der Waals surface area contributed by atoms with Crippen LogP contribution in [0.25, 0.3) is 0 Å². The molecule has 3 rings (SSSR count). The number of carbonyl (C=O) groups is 1. The average Bonchev–Trinajstić information content (AvgIpc) is 3.18. The summed E-state index contributed by atoms with van der Waals surface area (Å²) in [7, 11) is 1.93. The van der Waals surface area contributed by atoms with Gasteiger partial charge in [-0.05, 0) is 38.4 Å². The van der Waals surface area contributed by atoms with E-state index in [1.807, 2.05) is 17.9 Å². The Balaban J connectivity index is 1.54. The Hall–Kier alpha value is -1.66. The molecule has 5 nitrogen and oxygen atoms in total. The number of likely N-dealkylation sites (tertiary alicyclic amines) is 1. The number of hydrogen-bond donors (Lipinski definition) is 1. The molecule has 1 aliphatic heterocycles. The SMILES string of the molecule is Cc1ccc(CNC(=O)CN2CCC[C@@H]2c2cnn(C)c2)s1. The van der Waals surface area contributed by atoms with Gasteiger partial charge in [0.1, 0.15) is 0 Å². The maximum Gasteiger partial charge on any atom is 0.234 e. The van der Waals surface area contributed by atoms with Gasteiger partial charge in [0.25, 0.3) is 0 Å². The molecule has 0 spiro atoms. The third kappa shape index (κ3) is 3.56. The van der Waals surface area contributed by atoms with Crippen molar-refractivity contribution < 1.29 is 4.79 Å². The van der Waals surface area contributed by atoms with Gasteiger partial charge in [0.2, 0.25) is 5.91 Å². The second kappa shape index (κ2) is 6.62. The van der Waals surface area contributed by atoms with E-state index in [2.05, 4.69) is 40.6 Å². The third-order valence-corrected chi connectivity index (χ3v) is 5.08. The molecule has 2 aromatic rings. The molecule has 22 heavy (non-hydrogen) atoms. The summed E-state index contributed by atoms with van der Waals surface area (Å²) in [6.45, 7) is 4.15. The highest BCUT2D eigenvalue weighted by Crippen LogP contribution is 2.31. The molecule has 0 saturated carbocycles. The van der Waals surface area contributed by atoms with Gasteiger partial charge in [-0.25, -0.2) is 0 Å². The van der Waals surface area contributed by atoms with Gasteiger partial charge in [-0.2, -0.15) is 5.10 Å². The van der Waals surface area contributed by atoms with Crippen molar-refractivity contribution in [2.24, 2.45) is 7.05 Å². The topological polar surface area (TPSA) is 50.2 Å². The molecule has 0 aromatic carbocycles. The van der Waals surface area contributed by atoms with Crippen molar-refractivity contribution in [3.63, 3.8) is 0 Å². The van der Waals surface area contributed by atoms with E-state index in [1.165, 1.54) is 15.3 Å². The number of carbonyl (C=O) groups excluding carboxylic acids is 1. The summed E-state index contributed by atoms with van der Waals surface area (Å²) in [4.78, 5) is 16.9. The first kappa shape index (κ1) is 15.2. The average molecular weight is 318 g/mol. The minimum atomic E-state index is 0.0989. The van der Waals surface area contributed by atoms with Crippen LogP contribution < -0.4 is 5.32 Å². The van der Waals surface area contributed by atoms with Crippen LogP contribution in [0.4, 0.5) is 0 Å². The standard InChI is InChI=1S/C16H22N4OS/c1-12-5-6-14(22-12)9-17-16(21)11-20-7-3-4-15(20)13-8-18-19(2)10-13/h5-6,8,10,15H,3-4,7,9,11H2,1-2H3,(H,17,21)/t15-/m1/s1. The zero-order valence-corrected chi connectivity index (χ0v) is 13.9. The zero-order chi connectivity index (χ0) is 15.5. The summed E-state index contributed by atoms with van der Waals surface area (Å²) < 4.78 is 1.82. The maximum absolute atomic E-state index is 12.2. The lowest BCUT2D eigenvalue weighted by molar-refractivity contribution is -0.122. The summed E-state index contributed by atoms with van der Waals surface area (Å²) in [5, 5.41) is 7.27. The van der Waals surface area contributed by atoms with Crippen molar-refractivity contribution in [1.29, 1.82) is 0 Å². The van der Waals surface area contributed by atoms with Gasteiger partial charge in [-0.3, -0.25) is 14.4 Å². The highest BCUT2D eigenvalue weighted by Gasteiger charge is 2.28. The summed E-state index contributed by atoms with van der Waals surface area (Å²) in [5.74, 6) is 0.0989. The quantitative estimate of drug-likeness (QED) is 0.920. The molecule has 2 aromatic heterocycles. The van der Waals surface area contributed by atoms with Gasteiger partial charge in [0.05, 0.1) is 19.3 Å². The first-order chi connectivity index (χ1) is 10.6. The fourth-order valence-electron chi connectivity index (χ4n) is 3.01. The van der Waals surface area contributed by atoms with Crippen molar-refractivity contribution in [2.75, 3.05) is 13.1 Å². The molecular formula is C16H22N4OS. The Kier molecular flexibility index (Phi) is 4.59. The zero-order valence-electron chi connectivity index (χ0n) is 13.1. The Morgan fingerprint density at radius 3 is 3.05 bits per heavy atom. The van der Waals surface area contributed by atoms with E-state index in [-0.39, 0.29) is 5.91 Å². The molecule has 0 unspecified atom stereocenters. The molecule has 6 heteroatoms. The van der Waals surface area contributed by atoms with Crippen LogP contribution in [-0.4, -0.2) is 33.7 Å². The first-order valence-electron chi connectivity index (χ1n) is 7.66. The lowest BCUT2D eigenvalue weighted by Gasteiger charge is -2.22. The van der Waals surface area contributed by atoms with E-state index in [9.17, 15) is 4.79 Å². The van der Waals surface area contributed by atoms with Crippen LogP contribution in [-0.2, 0) is 18.4 Å². The Morgan fingerprint density at radius 2 is 2.36 bits per heavy atom. The normalized spacial score (nSPS) is 18.7. The fourth-order valence-corrected chi connectivity index (χ4v) is 3.84. The van der Waals surface area contributed by atoms with Crippen molar-refractivity contribution in [2.45, 2.75) is 32.4 Å². The van der Waals surface area contributed by atoms with Crippen molar-refractivity contribution in [3.8, 4) is 0 Å². The van der Waals surface area contributed by atoms with Crippen LogP contribution in [0.15, 0.2) is 24.5 Å². The van der Waals surface area contributed by atoms with E-state index in [4.69, 9.17) is 0 Å². The van der Waals surface area contributed by atoms with E-state index in [1.54, 1.807) is 11.3 Å². The van der Waals surface area contributed by atoms with Gasteiger partial charge in [0.15, 0.2) is 0 Å². The van der Waals surface area contributed by atoms with E-state index in [0.29, 0.717) is 19.1 Å². The Labute approximate surface area is 134 Å². The van der Waals surface area contributed by atoms with Crippen molar-refractivity contribution in [3.05, 3.63) is 39.8 Å². The van der Waals surface area contributed by atoms with Gasteiger partial charge in [-0.1, -0.05) is 0 Å². The molecule has 0 aliphatic carbocycles. The lowest BCUT2D eigenvalue weighted by Crippen LogP contribution is -2.36. The molecule has 1 aliphatic rings. The van der Waals surface area contributed by atoms with Gasteiger partial charge in [0, 0.05) is 34.6 Å². The number of aromatic nitrogens is 2. The molecule has 1 saturated heterocycles. The van der Waals surface area contributed by atoms with Gasteiger partial charge >= 0.3 is 0 Å². The number of thiophene rings is 1. The first-order valence-corrected chi connectivity index (χ1v) is 8.48. The van der Waals surface area contributed by atoms with Crippen LogP contribution in [0.5, 0.6) is 0 Å². The third-order valence-electron chi connectivity index (χ3n) is 4.08. The van der Waals surface area contributed by atoms with Crippen LogP contribution in [0.2, 0.25) is 0 Å². The van der Waals surface area contributed by atoms with Gasteiger partial charge < -0.3 is 5.32 Å². The van der Waals surface area contributed by atoms with Crippen LogP contribution in [0.3, 0.4) is 0 Å². The number of nitrogens with one attached hydrogen (secondary N) is 1. The lowest BCUT2D eigenvalue weighted by atomic mass is 10.1. The molecule has 1 atom stereocenters. The van der Waals surface area contributed by atoms with Crippen LogP contribution in [0.1, 0.15) is 34.2 Å². The predicted octanol–water partition coefficient (Wildman–Crippen LogP) is 2.24. The summed E-state index contributed by atoms with van der Waals surface area (Å²) in [5.41, 5.74) is 1.21. The molecule has 1 N–H and O–H groups in total. The molecule has 0 radical (unpaired) electrons. The molecule has 118 valence electrons. The van der Waals surface area contributed by atoms with E-state index >= 15 is 0 Å². The van der Waals surface area contributed by atoms with Crippen LogP contribution in [0, 0.1) is 6.92 Å². The summed E-state index contributed by atoms with van der Waals surface area (Å²) in [6.07, 6.45) is 6.20. The number of hydrogen-bond acceptors (Lipinski definition) is 4. The maximum atomic E-state index is 12.2. The minimum absolute atomic E-state index is 0.0989.